The number of amides is 1. The van der Waals surface area contributed by atoms with Gasteiger partial charge in [0, 0.05) is 23.7 Å². The molecule has 210 valence electrons. The van der Waals surface area contributed by atoms with Gasteiger partial charge in [0.1, 0.15) is 0 Å². The molecule has 0 saturated carbocycles. The van der Waals surface area contributed by atoms with E-state index in [1.807, 2.05) is 56.3 Å². The number of carbonyl (C=O) groups is 1. The van der Waals surface area contributed by atoms with Crippen molar-refractivity contribution in [1.82, 2.24) is 4.90 Å². The quantitative estimate of drug-likeness (QED) is 0.111. The van der Waals surface area contributed by atoms with Gasteiger partial charge in [0.2, 0.25) is 5.91 Å². The maximum atomic E-state index is 12.1. The van der Waals surface area contributed by atoms with Crippen LogP contribution in [-0.4, -0.2) is 41.1 Å². The van der Waals surface area contributed by atoms with Gasteiger partial charge in [0.05, 0.1) is 16.3 Å². The predicted molar refractivity (Wildman–Crippen MR) is 162 cm³/mol. The monoisotopic (exact) mass is 541 g/mol. The van der Waals surface area contributed by atoms with E-state index >= 15 is 0 Å². The number of non-ortho nitro benzene ring substituents is 1. The largest absolute Gasteiger partial charge is 0.326 e. The molecule has 8 heteroatoms. The molecule has 2 N–H and O–H groups in total. The minimum atomic E-state index is -0.382. The van der Waals surface area contributed by atoms with Crippen molar-refractivity contribution in [3.63, 3.8) is 0 Å². The molecule has 0 spiro atoms. The number of rotatable bonds is 12. The molecular formula is C32H39N5O3. The Balaban J connectivity index is 1.27. The molecule has 0 aliphatic carbocycles. The molecule has 1 saturated heterocycles. The Bertz CT molecular complexity index is 1280. The van der Waals surface area contributed by atoms with Gasteiger partial charge < -0.3 is 10.2 Å². The summed E-state index contributed by atoms with van der Waals surface area (Å²) in [5.41, 5.74) is 8.07. The first kappa shape index (κ1) is 29.0. The maximum absolute atomic E-state index is 12.1. The minimum Gasteiger partial charge on any atom is -0.326 e. The number of nitrogens with one attached hydrogen (secondary N) is 2. The summed E-state index contributed by atoms with van der Waals surface area (Å²) in [6, 6.07) is 24.7. The van der Waals surface area contributed by atoms with Crippen molar-refractivity contribution < 1.29 is 9.72 Å². The van der Waals surface area contributed by atoms with Crippen LogP contribution in [0.5, 0.6) is 0 Å². The molecule has 8 nitrogen and oxygen atoms in total. The van der Waals surface area contributed by atoms with Crippen LogP contribution in [0, 0.1) is 16.0 Å². The molecule has 1 aliphatic heterocycles. The van der Waals surface area contributed by atoms with Crippen molar-refractivity contribution in [2.45, 2.75) is 51.9 Å². The van der Waals surface area contributed by atoms with Crippen LogP contribution in [-0.2, 0) is 4.79 Å². The zero-order valence-corrected chi connectivity index (χ0v) is 23.4. The number of nitro benzene ring substituents is 1. The molecule has 0 aromatic heterocycles. The molecular weight excluding hydrogens is 502 g/mol. The Morgan fingerprint density at radius 1 is 0.975 bits per heavy atom. The summed E-state index contributed by atoms with van der Waals surface area (Å²) in [4.78, 5) is 25.3. The first-order chi connectivity index (χ1) is 19.4. The number of benzene rings is 3. The smallest absolute Gasteiger partial charge is 0.269 e. The van der Waals surface area contributed by atoms with E-state index in [4.69, 9.17) is 0 Å². The second kappa shape index (κ2) is 14.4. The van der Waals surface area contributed by atoms with Crippen LogP contribution in [0.1, 0.15) is 63.0 Å². The summed E-state index contributed by atoms with van der Waals surface area (Å²) in [6.45, 7) is 6.97. The summed E-state index contributed by atoms with van der Waals surface area (Å²) in [7, 11) is 0. The zero-order chi connectivity index (χ0) is 28.3. The van der Waals surface area contributed by atoms with E-state index in [0.717, 1.165) is 74.4 Å². The normalized spacial score (nSPS) is 14.7. The van der Waals surface area contributed by atoms with Gasteiger partial charge in [-0.3, -0.25) is 20.3 Å². The molecule has 1 fully saturated rings. The molecule has 1 aliphatic rings. The third kappa shape index (κ3) is 8.48. The van der Waals surface area contributed by atoms with E-state index in [1.54, 1.807) is 12.1 Å². The average Bonchev–Trinajstić information content (AvgIpc) is 2.98. The molecule has 3 aromatic carbocycles. The van der Waals surface area contributed by atoms with Crippen LogP contribution in [0.3, 0.4) is 0 Å². The van der Waals surface area contributed by atoms with Gasteiger partial charge in [-0.05, 0) is 105 Å². The van der Waals surface area contributed by atoms with Gasteiger partial charge in [-0.1, -0.05) is 44.2 Å². The topological polar surface area (TPSA) is 99.9 Å². The Hall–Kier alpha value is -4.04. The third-order valence-electron chi connectivity index (χ3n) is 7.38. The third-order valence-corrected chi connectivity index (χ3v) is 7.38. The Morgan fingerprint density at radius 3 is 2.35 bits per heavy atom. The van der Waals surface area contributed by atoms with E-state index in [2.05, 4.69) is 32.9 Å². The highest BCUT2D eigenvalue weighted by atomic mass is 16.6. The fourth-order valence-electron chi connectivity index (χ4n) is 4.96. The van der Waals surface area contributed by atoms with Crippen molar-refractivity contribution in [1.29, 1.82) is 0 Å². The number of hydrogen-bond donors (Lipinski definition) is 2. The number of likely N-dealkylation sites (tertiary alicyclic amines) is 1. The van der Waals surface area contributed by atoms with Gasteiger partial charge in [0.25, 0.3) is 5.69 Å². The molecule has 0 atom stereocenters. The van der Waals surface area contributed by atoms with Crippen molar-refractivity contribution in [2.24, 2.45) is 11.0 Å². The van der Waals surface area contributed by atoms with Crippen LogP contribution in [0.25, 0.3) is 0 Å². The lowest BCUT2D eigenvalue weighted by molar-refractivity contribution is -0.384. The van der Waals surface area contributed by atoms with E-state index in [1.165, 1.54) is 17.7 Å². The highest BCUT2D eigenvalue weighted by Gasteiger charge is 2.21. The van der Waals surface area contributed by atoms with Gasteiger partial charge in [0.15, 0.2) is 0 Å². The second-order valence-corrected chi connectivity index (χ2v) is 10.7. The van der Waals surface area contributed by atoms with Gasteiger partial charge in [-0.2, -0.15) is 5.10 Å². The predicted octanol–water partition coefficient (Wildman–Crippen LogP) is 7.06. The molecule has 0 bridgehead atoms. The SMILES string of the molecule is CC(C)C(=O)Nc1cccc(C2CCN(CCCCC(=NNc3ccccc3)c3ccc([N+](=O)[O-])cc3)CC2)c1. The van der Waals surface area contributed by atoms with Crippen molar-refractivity contribution in [2.75, 3.05) is 30.4 Å². The minimum absolute atomic E-state index is 0.0384. The lowest BCUT2D eigenvalue weighted by Gasteiger charge is -2.32. The van der Waals surface area contributed by atoms with Crippen LogP contribution < -0.4 is 10.7 Å². The number of hydrogen-bond acceptors (Lipinski definition) is 6. The maximum Gasteiger partial charge on any atom is 0.269 e. The molecule has 4 rings (SSSR count). The van der Waals surface area contributed by atoms with Crippen molar-refractivity contribution in [3.05, 3.63) is 100 Å². The first-order valence-electron chi connectivity index (χ1n) is 14.1. The summed E-state index contributed by atoms with van der Waals surface area (Å²) in [5, 5.41) is 18.7. The summed E-state index contributed by atoms with van der Waals surface area (Å²) in [6.07, 6.45) is 5.03. The molecule has 0 radical (unpaired) electrons. The van der Waals surface area contributed by atoms with E-state index in [-0.39, 0.29) is 22.4 Å². The van der Waals surface area contributed by atoms with Gasteiger partial charge in [-0.15, -0.1) is 0 Å². The summed E-state index contributed by atoms with van der Waals surface area (Å²) < 4.78 is 0. The molecule has 40 heavy (non-hydrogen) atoms. The Kier molecular flexibility index (Phi) is 10.4. The van der Waals surface area contributed by atoms with E-state index in [9.17, 15) is 14.9 Å². The van der Waals surface area contributed by atoms with Crippen molar-refractivity contribution >= 4 is 28.7 Å². The fraction of sp³-hybridized carbons (Fsp3) is 0.375. The summed E-state index contributed by atoms with van der Waals surface area (Å²) >= 11 is 0. The number of carbonyl (C=O) groups excluding carboxylic acids is 1. The number of anilines is 2. The zero-order valence-electron chi connectivity index (χ0n) is 23.4. The Labute approximate surface area is 236 Å². The number of nitrogens with zero attached hydrogens (tertiary/aromatic N) is 3. The van der Waals surface area contributed by atoms with Crippen LogP contribution in [0.15, 0.2) is 84.0 Å². The lowest BCUT2D eigenvalue weighted by atomic mass is 9.89. The summed E-state index contributed by atoms with van der Waals surface area (Å²) in [5.74, 6) is 0.519. The molecule has 1 heterocycles. The lowest BCUT2D eigenvalue weighted by Crippen LogP contribution is -2.33. The molecule has 1 amide bonds. The fourth-order valence-corrected chi connectivity index (χ4v) is 4.96. The second-order valence-electron chi connectivity index (χ2n) is 10.7. The molecule has 3 aromatic rings. The van der Waals surface area contributed by atoms with Gasteiger partial charge in [-0.25, -0.2) is 0 Å². The van der Waals surface area contributed by atoms with Crippen molar-refractivity contribution in [3.8, 4) is 0 Å². The highest BCUT2D eigenvalue weighted by Crippen LogP contribution is 2.30. The van der Waals surface area contributed by atoms with Crippen LogP contribution in [0.4, 0.5) is 17.1 Å². The first-order valence-corrected chi connectivity index (χ1v) is 14.1. The number of nitro groups is 1. The number of piperidine rings is 1. The highest BCUT2D eigenvalue weighted by molar-refractivity contribution is 6.01. The molecule has 0 unspecified atom stereocenters. The number of unbranched alkanes of at least 4 members (excludes halogenated alkanes) is 1. The van der Waals surface area contributed by atoms with Crippen LogP contribution >= 0.6 is 0 Å². The Morgan fingerprint density at radius 2 is 1.68 bits per heavy atom. The van der Waals surface area contributed by atoms with Crippen LogP contribution in [0.2, 0.25) is 0 Å². The average molecular weight is 542 g/mol. The number of para-hydroxylation sites is 1. The standard InChI is InChI=1S/C32H39N5O3/c1-24(2)32(38)33-29-12-8-9-27(23-29)25-18-21-36(22-19-25)20-7-6-13-31(35-34-28-10-4-3-5-11-28)26-14-16-30(17-15-26)37(39)40/h3-5,8-12,14-17,23-25,34H,6-7,13,18-22H2,1-2H3,(H,33,38). The number of hydrazone groups is 1. The van der Waals surface area contributed by atoms with E-state index in [0.29, 0.717) is 5.92 Å². The van der Waals surface area contributed by atoms with Gasteiger partial charge >= 0.3 is 0 Å². The van der Waals surface area contributed by atoms with E-state index < -0.39 is 0 Å².